The quantitative estimate of drug-likeness (QED) is 0.529. The summed E-state index contributed by atoms with van der Waals surface area (Å²) in [6.45, 7) is 0. The van der Waals surface area contributed by atoms with E-state index in [9.17, 15) is 18.9 Å². The molecule has 5 nitrogen and oxygen atoms in total. The Kier molecular flexibility index (Phi) is 3.99. The van der Waals surface area contributed by atoms with Crippen molar-refractivity contribution in [2.45, 2.75) is 0 Å². The molecule has 1 N–H and O–H groups in total. The van der Waals surface area contributed by atoms with E-state index in [1.807, 2.05) is 0 Å². The van der Waals surface area contributed by atoms with Gasteiger partial charge in [0.1, 0.15) is 5.82 Å². The maximum atomic E-state index is 13.3. The molecule has 0 amide bonds. The van der Waals surface area contributed by atoms with Gasteiger partial charge in [0.25, 0.3) is 5.69 Å². The van der Waals surface area contributed by atoms with Crippen LogP contribution in [0.3, 0.4) is 0 Å². The number of hydrazone groups is 1. The summed E-state index contributed by atoms with van der Waals surface area (Å²) in [5, 5.41) is 14.2. The molecule has 0 spiro atoms. The number of halogens is 2. The molecule has 2 aromatic rings. The fraction of sp³-hybridized carbons (Fsp3) is 0. The van der Waals surface area contributed by atoms with E-state index in [4.69, 9.17) is 0 Å². The van der Waals surface area contributed by atoms with Gasteiger partial charge in [0, 0.05) is 18.2 Å². The van der Waals surface area contributed by atoms with Gasteiger partial charge in [0.15, 0.2) is 5.82 Å². The molecule has 0 aliphatic rings. The number of hydrogen-bond donors (Lipinski definition) is 1. The fourth-order valence-electron chi connectivity index (χ4n) is 1.44. The second kappa shape index (κ2) is 5.87. The molecule has 0 unspecified atom stereocenters. The van der Waals surface area contributed by atoms with Crippen molar-refractivity contribution in [1.29, 1.82) is 0 Å². The molecule has 102 valence electrons. The number of hydrogen-bond acceptors (Lipinski definition) is 4. The summed E-state index contributed by atoms with van der Waals surface area (Å²) in [6, 6.07) is 8.74. The highest BCUT2D eigenvalue weighted by atomic mass is 19.1. The van der Waals surface area contributed by atoms with Gasteiger partial charge in [-0.2, -0.15) is 5.10 Å². The molecular formula is C13H9F2N3O2. The average molecular weight is 277 g/mol. The zero-order chi connectivity index (χ0) is 14.5. The Morgan fingerprint density at radius 3 is 2.45 bits per heavy atom. The molecule has 20 heavy (non-hydrogen) atoms. The summed E-state index contributed by atoms with van der Waals surface area (Å²) in [4.78, 5) is 9.96. The van der Waals surface area contributed by atoms with Gasteiger partial charge in [-0.05, 0) is 29.8 Å². The summed E-state index contributed by atoms with van der Waals surface area (Å²) in [6.07, 6.45) is 1.37. The van der Waals surface area contributed by atoms with Gasteiger partial charge in [0.2, 0.25) is 0 Å². The number of nitrogens with one attached hydrogen (secondary N) is 1. The maximum absolute atomic E-state index is 13.3. The van der Waals surface area contributed by atoms with E-state index in [1.165, 1.54) is 36.5 Å². The standard InChI is InChI=1S/C13H9F2N3O2/c14-10-3-6-13(12(15)7-10)17-16-8-9-1-4-11(5-2-9)18(19)20/h1-8,17H/b16-8+. The van der Waals surface area contributed by atoms with Crippen LogP contribution in [0.15, 0.2) is 47.6 Å². The zero-order valence-electron chi connectivity index (χ0n) is 10.1. The molecule has 2 rings (SSSR count). The van der Waals surface area contributed by atoms with Crippen LogP contribution in [0.25, 0.3) is 0 Å². The van der Waals surface area contributed by atoms with Crippen LogP contribution in [-0.4, -0.2) is 11.1 Å². The van der Waals surface area contributed by atoms with Crippen molar-refractivity contribution in [2.24, 2.45) is 5.10 Å². The summed E-state index contributed by atoms with van der Waals surface area (Å²) in [5.74, 6) is -1.43. The smallest absolute Gasteiger partial charge is 0.269 e. The number of nitro groups is 1. The fourth-order valence-corrected chi connectivity index (χ4v) is 1.44. The van der Waals surface area contributed by atoms with E-state index in [2.05, 4.69) is 10.5 Å². The molecule has 0 saturated carbocycles. The Morgan fingerprint density at radius 1 is 1.15 bits per heavy atom. The van der Waals surface area contributed by atoms with Crippen LogP contribution in [0.4, 0.5) is 20.2 Å². The Hall–Kier alpha value is -2.83. The van der Waals surface area contributed by atoms with Crippen molar-refractivity contribution in [2.75, 3.05) is 5.43 Å². The molecule has 0 saturated heterocycles. The number of benzene rings is 2. The summed E-state index contributed by atoms with van der Waals surface area (Å²) in [5.41, 5.74) is 3.03. The number of nitrogens with zero attached hydrogens (tertiary/aromatic N) is 2. The minimum absolute atomic E-state index is 0.0281. The van der Waals surface area contributed by atoms with Crippen molar-refractivity contribution in [3.8, 4) is 0 Å². The van der Waals surface area contributed by atoms with Crippen LogP contribution in [0.2, 0.25) is 0 Å². The minimum Gasteiger partial charge on any atom is -0.276 e. The lowest BCUT2D eigenvalue weighted by Crippen LogP contribution is -1.94. The van der Waals surface area contributed by atoms with Crippen LogP contribution in [0.5, 0.6) is 0 Å². The van der Waals surface area contributed by atoms with E-state index in [1.54, 1.807) is 0 Å². The number of rotatable bonds is 4. The monoisotopic (exact) mass is 277 g/mol. The van der Waals surface area contributed by atoms with E-state index in [0.717, 1.165) is 12.1 Å². The minimum atomic E-state index is -0.758. The van der Waals surface area contributed by atoms with Crippen LogP contribution < -0.4 is 5.43 Å². The molecule has 0 fully saturated rings. The van der Waals surface area contributed by atoms with Gasteiger partial charge in [-0.15, -0.1) is 0 Å². The Balaban J connectivity index is 2.04. The maximum Gasteiger partial charge on any atom is 0.269 e. The van der Waals surface area contributed by atoms with Crippen LogP contribution in [0, 0.1) is 21.7 Å². The largest absolute Gasteiger partial charge is 0.276 e. The first kappa shape index (κ1) is 13.6. The molecule has 0 aliphatic carbocycles. The third-order valence-corrected chi connectivity index (χ3v) is 2.43. The Labute approximate surface area is 112 Å². The first-order valence-electron chi connectivity index (χ1n) is 5.55. The van der Waals surface area contributed by atoms with Crippen LogP contribution in [0.1, 0.15) is 5.56 Å². The molecule has 7 heteroatoms. The van der Waals surface area contributed by atoms with E-state index in [-0.39, 0.29) is 11.4 Å². The van der Waals surface area contributed by atoms with Gasteiger partial charge in [-0.3, -0.25) is 15.5 Å². The third-order valence-electron chi connectivity index (χ3n) is 2.43. The normalized spacial score (nSPS) is 10.7. The van der Waals surface area contributed by atoms with Crippen molar-refractivity contribution in [3.05, 3.63) is 69.8 Å². The predicted octanol–water partition coefficient (Wildman–Crippen LogP) is 3.32. The first-order chi connectivity index (χ1) is 9.56. The molecule has 0 aromatic heterocycles. The molecule has 0 heterocycles. The van der Waals surface area contributed by atoms with Crippen LogP contribution >= 0.6 is 0 Å². The zero-order valence-corrected chi connectivity index (χ0v) is 10.1. The highest BCUT2D eigenvalue weighted by Crippen LogP contribution is 2.15. The average Bonchev–Trinajstić information content (AvgIpc) is 2.42. The summed E-state index contributed by atoms with van der Waals surface area (Å²) >= 11 is 0. The predicted molar refractivity (Wildman–Crippen MR) is 70.7 cm³/mol. The third kappa shape index (κ3) is 3.35. The van der Waals surface area contributed by atoms with Crippen LogP contribution in [-0.2, 0) is 0 Å². The van der Waals surface area contributed by atoms with Gasteiger partial charge in [-0.25, -0.2) is 8.78 Å². The molecule has 0 bridgehead atoms. The van der Waals surface area contributed by atoms with Crippen molar-refractivity contribution in [3.63, 3.8) is 0 Å². The Bertz CT molecular complexity index is 657. The van der Waals surface area contributed by atoms with Crippen molar-refractivity contribution >= 4 is 17.6 Å². The molecule has 2 aromatic carbocycles. The highest BCUT2D eigenvalue weighted by Gasteiger charge is 2.03. The number of nitro benzene ring substituents is 1. The van der Waals surface area contributed by atoms with E-state index < -0.39 is 16.6 Å². The first-order valence-corrected chi connectivity index (χ1v) is 5.55. The van der Waals surface area contributed by atoms with Gasteiger partial charge < -0.3 is 0 Å². The second-order valence-electron chi connectivity index (χ2n) is 3.84. The van der Waals surface area contributed by atoms with E-state index in [0.29, 0.717) is 5.56 Å². The van der Waals surface area contributed by atoms with Gasteiger partial charge in [0.05, 0.1) is 16.8 Å². The van der Waals surface area contributed by atoms with Gasteiger partial charge >= 0.3 is 0 Å². The van der Waals surface area contributed by atoms with E-state index >= 15 is 0 Å². The topological polar surface area (TPSA) is 67.5 Å². The summed E-state index contributed by atoms with van der Waals surface area (Å²) < 4.78 is 25.9. The molecule has 0 aliphatic heterocycles. The number of non-ortho nitro benzene ring substituents is 1. The lowest BCUT2D eigenvalue weighted by molar-refractivity contribution is -0.384. The van der Waals surface area contributed by atoms with Gasteiger partial charge in [-0.1, -0.05) is 0 Å². The van der Waals surface area contributed by atoms with Crippen molar-refractivity contribution < 1.29 is 13.7 Å². The highest BCUT2D eigenvalue weighted by molar-refractivity contribution is 5.80. The lowest BCUT2D eigenvalue weighted by Gasteiger charge is -2.01. The SMILES string of the molecule is O=[N+]([O-])c1ccc(/C=N/Nc2ccc(F)cc2F)cc1. The second-order valence-corrected chi connectivity index (χ2v) is 3.84. The molecular weight excluding hydrogens is 268 g/mol. The molecule has 0 radical (unpaired) electrons. The number of anilines is 1. The summed E-state index contributed by atoms with van der Waals surface area (Å²) in [7, 11) is 0. The Morgan fingerprint density at radius 2 is 1.85 bits per heavy atom. The lowest BCUT2D eigenvalue weighted by atomic mass is 10.2. The van der Waals surface area contributed by atoms with Crippen molar-refractivity contribution in [1.82, 2.24) is 0 Å². The molecule has 0 atom stereocenters.